The highest BCUT2D eigenvalue weighted by Gasteiger charge is 2.33. The first-order valence-electron chi connectivity index (χ1n) is 8.82. The van der Waals surface area contributed by atoms with Crippen LogP contribution in [0.5, 0.6) is 5.75 Å². The van der Waals surface area contributed by atoms with Crippen LogP contribution in [0.4, 0.5) is 0 Å². The number of carboxylic acid groups (broad SMARTS) is 1. The van der Waals surface area contributed by atoms with E-state index in [4.69, 9.17) is 9.84 Å². The molecule has 0 spiro atoms. The zero-order chi connectivity index (χ0) is 18.8. The van der Waals surface area contributed by atoms with Crippen molar-refractivity contribution in [3.8, 4) is 5.75 Å². The average molecular weight is 359 g/mol. The summed E-state index contributed by atoms with van der Waals surface area (Å²) < 4.78 is 7.87. The van der Waals surface area contributed by atoms with Crippen molar-refractivity contribution < 1.29 is 19.7 Å². The van der Waals surface area contributed by atoms with Crippen molar-refractivity contribution in [1.29, 1.82) is 0 Å². The molecule has 0 aliphatic carbocycles. The van der Waals surface area contributed by atoms with E-state index in [0.29, 0.717) is 18.8 Å². The number of rotatable bonds is 6. The van der Waals surface area contributed by atoms with Crippen LogP contribution in [0.3, 0.4) is 0 Å². The number of aliphatic hydroxyl groups is 1. The standard InChI is InChI=1S/C19H25N3O4/c1-4-22-13(3)16(12(2)20-22)9-21-10-17(23)18(11-21)26-15-7-5-14(6-8-15)19(24)25/h5-8,17-18,23H,4,9-11H2,1-3H3,(H,24,25)/t17-,18-/m1/s1. The Morgan fingerprint density at radius 1 is 1.27 bits per heavy atom. The van der Waals surface area contributed by atoms with Crippen molar-refractivity contribution in [2.75, 3.05) is 13.1 Å². The van der Waals surface area contributed by atoms with E-state index in [-0.39, 0.29) is 11.7 Å². The van der Waals surface area contributed by atoms with Crippen LogP contribution >= 0.6 is 0 Å². The van der Waals surface area contributed by atoms with Crippen molar-refractivity contribution >= 4 is 5.97 Å². The Morgan fingerprint density at radius 2 is 1.96 bits per heavy atom. The second-order valence-electron chi connectivity index (χ2n) is 6.71. The monoisotopic (exact) mass is 359 g/mol. The summed E-state index contributed by atoms with van der Waals surface area (Å²) in [6, 6.07) is 6.25. The lowest BCUT2D eigenvalue weighted by Gasteiger charge is -2.17. The number of aromatic carboxylic acids is 1. The normalized spacial score (nSPS) is 20.5. The number of β-amino-alcohol motifs (C(OH)–C–C–N with tert-alkyl or cyclic N) is 1. The summed E-state index contributed by atoms with van der Waals surface area (Å²) in [5, 5.41) is 23.8. The van der Waals surface area contributed by atoms with Crippen LogP contribution in [0.15, 0.2) is 24.3 Å². The lowest BCUT2D eigenvalue weighted by Crippen LogP contribution is -2.29. The van der Waals surface area contributed by atoms with Crippen LogP contribution < -0.4 is 4.74 Å². The maximum Gasteiger partial charge on any atom is 0.335 e. The summed E-state index contributed by atoms with van der Waals surface area (Å²) in [5.41, 5.74) is 3.59. The van der Waals surface area contributed by atoms with Gasteiger partial charge >= 0.3 is 5.97 Å². The lowest BCUT2D eigenvalue weighted by molar-refractivity contribution is 0.0693. The van der Waals surface area contributed by atoms with Gasteiger partial charge in [-0.15, -0.1) is 0 Å². The van der Waals surface area contributed by atoms with Crippen molar-refractivity contribution in [3.63, 3.8) is 0 Å². The van der Waals surface area contributed by atoms with E-state index in [1.807, 2.05) is 11.6 Å². The Labute approximate surface area is 152 Å². The fourth-order valence-electron chi connectivity index (χ4n) is 3.42. The molecule has 0 saturated carbocycles. The highest BCUT2D eigenvalue weighted by Crippen LogP contribution is 2.23. The minimum atomic E-state index is -0.970. The van der Waals surface area contributed by atoms with Crippen LogP contribution in [-0.2, 0) is 13.1 Å². The van der Waals surface area contributed by atoms with Crippen LogP contribution in [0.25, 0.3) is 0 Å². The number of hydrogen-bond acceptors (Lipinski definition) is 5. The average Bonchev–Trinajstić information content (AvgIpc) is 3.09. The quantitative estimate of drug-likeness (QED) is 0.818. The first-order valence-corrected chi connectivity index (χ1v) is 8.82. The number of nitrogens with zero attached hydrogens (tertiary/aromatic N) is 3. The molecular formula is C19H25N3O4. The molecule has 0 radical (unpaired) electrons. The Bertz CT molecular complexity index is 785. The number of aliphatic hydroxyl groups excluding tert-OH is 1. The van der Waals surface area contributed by atoms with Gasteiger partial charge in [0.1, 0.15) is 18.0 Å². The Hall–Kier alpha value is -2.38. The van der Waals surface area contributed by atoms with Gasteiger partial charge < -0.3 is 14.9 Å². The van der Waals surface area contributed by atoms with Gasteiger partial charge in [-0.1, -0.05) is 0 Å². The molecule has 1 aromatic heterocycles. The van der Waals surface area contributed by atoms with Crippen LogP contribution in [0.1, 0.15) is 34.2 Å². The third kappa shape index (κ3) is 3.73. The number of hydrogen-bond donors (Lipinski definition) is 2. The molecule has 7 heteroatoms. The first-order chi connectivity index (χ1) is 12.4. The number of aryl methyl sites for hydroxylation is 2. The van der Waals surface area contributed by atoms with E-state index >= 15 is 0 Å². The highest BCUT2D eigenvalue weighted by molar-refractivity contribution is 5.87. The second kappa shape index (κ2) is 7.47. The molecule has 0 unspecified atom stereocenters. The highest BCUT2D eigenvalue weighted by atomic mass is 16.5. The van der Waals surface area contributed by atoms with Gasteiger partial charge in [-0.2, -0.15) is 5.10 Å². The second-order valence-corrected chi connectivity index (χ2v) is 6.71. The molecule has 1 fully saturated rings. The minimum absolute atomic E-state index is 0.213. The molecule has 0 bridgehead atoms. The van der Waals surface area contributed by atoms with Gasteiger partial charge in [0.05, 0.1) is 11.3 Å². The minimum Gasteiger partial charge on any atom is -0.486 e. The lowest BCUT2D eigenvalue weighted by atomic mass is 10.2. The maximum absolute atomic E-state index is 10.9. The van der Waals surface area contributed by atoms with E-state index in [0.717, 1.165) is 24.5 Å². The Morgan fingerprint density at radius 3 is 2.54 bits per heavy atom. The zero-order valence-electron chi connectivity index (χ0n) is 15.3. The predicted octanol–water partition coefficient (Wildman–Crippen LogP) is 1.84. The summed E-state index contributed by atoms with van der Waals surface area (Å²) in [7, 11) is 0. The summed E-state index contributed by atoms with van der Waals surface area (Å²) in [6.07, 6.45) is -0.927. The van der Waals surface area contributed by atoms with E-state index in [1.54, 1.807) is 12.1 Å². The topological polar surface area (TPSA) is 87.8 Å². The summed E-state index contributed by atoms with van der Waals surface area (Å²) in [5.74, 6) is -0.408. The molecule has 3 rings (SSSR count). The van der Waals surface area contributed by atoms with Gasteiger partial charge in [-0.3, -0.25) is 9.58 Å². The van der Waals surface area contributed by atoms with Gasteiger partial charge in [0, 0.05) is 37.4 Å². The number of carboxylic acids is 1. The number of carbonyl (C=O) groups is 1. The summed E-state index contributed by atoms with van der Waals surface area (Å²) in [6.45, 7) is 8.87. The molecule has 1 saturated heterocycles. The van der Waals surface area contributed by atoms with Gasteiger partial charge in [-0.25, -0.2) is 4.79 Å². The molecule has 1 aliphatic rings. The van der Waals surface area contributed by atoms with Crippen LogP contribution in [0, 0.1) is 13.8 Å². The number of ether oxygens (including phenoxy) is 1. The molecule has 2 N–H and O–H groups in total. The van der Waals surface area contributed by atoms with Gasteiger partial charge in [0.15, 0.2) is 0 Å². The number of likely N-dealkylation sites (tertiary alicyclic amines) is 1. The molecule has 7 nitrogen and oxygen atoms in total. The van der Waals surface area contributed by atoms with E-state index in [2.05, 4.69) is 23.8 Å². The van der Waals surface area contributed by atoms with E-state index < -0.39 is 12.1 Å². The van der Waals surface area contributed by atoms with Crippen molar-refractivity contribution in [2.24, 2.45) is 0 Å². The molecule has 1 aromatic carbocycles. The maximum atomic E-state index is 10.9. The van der Waals surface area contributed by atoms with Gasteiger partial charge in [0.2, 0.25) is 0 Å². The molecule has 26 heavy (non-hydrogen) atoms. The summed E-state index contributed by atoms with van der Waals surface area (Å²) >= 11 is 0. The van der Waals surface area contributed by atoms with Gasteiger partial charge in [-0.05, 0) is 45.0 Å². The van der Waals surface area contributed by atoms with Crippen molar-refractivity contribution in [2.45, 2.75) is 46.1 Å². The largest absolute Gasteiger partial charge is 0.486 e. The third-order valence-corrected chi connectivity index (χ3v) is 4.91. The molecular weight excluding hydrogens is 334 g/mol. The zero-order valence-corrected chi connectivity index (χ0v) is 15.3. The number of benzene rings is 1. The molecule has 2 aromatic rings. The fraction of sp³-hybridized carbons (Fsp3) is 0.474. The molecule has 1 aliphatic heterocycles. The molecule has 2 heterocycles. The SMILES string of the molecule is CCn1nc(C)c(CN2C[C@@H](O)[C@H](Oc3ccc(C(=O)O)cc3)C2)c1C. The first kappa shape index (κ1) is 18.4. The fourth-order valence-corrected chi connectivity index (χ4v) is 3.42. The summed E-state index contributed by atoms with van der Waals surface area (Å²) in [4.78, 5) is 13.1. The van der Waals surface area contributed by atoms with Crippen LogP contribution in [0.2, 0.25) is 0 Å². The Balaban J connectivity index is 1.64. The van der Waals surface area contributed by atoms with Crippen LogP contribution in [-0.4, -0.2) is 56.2 Å². The van der Waals surface area contributed by atoms with Gasteiger partial charge in [0.25, 0.3) is 0 Å². The van der Waals surface area contributed by atoms with Crippen molar-refractivity contribution in [3.05, 3.63) is 46.8 Å². The van der Waals surface area contributed by atoms with E-state index in [9.17, 15) is 9.90 Å². The molecule has 0 amide bonds. The number of aromatic nitrogens is 2. The Kier molecular flexibility index (Phi) is 5.29. The van der Waals surface area contributed by atoms with E-state index in [1.165, 1.54) is 17.7 Å². The smallest absolute Gasteiger partial charge is 0.335 e. The van der Waals surface area contributed by atoms with Crippen molar-refractivity contribution in [1.82, 2.24) is 14.7 Å². The molecule has 140 valence electrons. The predicted molar refractivity (Wildman–Crippen MR) is 96.5 cm³/mol. The molecule has 2 atom stereocenters. The third-order valence-electron chi connectivity index (χ3n) is 4.91.